The van der Waals surface area contributed by atoms with Gasteiger partial charge in [-0.25, -0.2) is 4.98 Å². The lowest BCUT2D eigenvalue weighted by molar-refractivity contribution is -0.128. The summed E-state index contributed by atoms with van der Waals surface area (Å²) in [6.45, 7) is 4.63. The van der Waals surface area contributed by atoms with Gasteiger partial charge in [-0.3, -0.25) is 9.69 Å². The summed E-state index contributed by atoms with van der Waals surface area (Å²) in [4.78, 5) is 25.2. The van der Waals surface area contributed by atoms with Gasteiger partial charge in [-0.05, 0) is 71.9 Å². The minimum absolute atomic E-state index is 0.0206. The zero-order chi connectivity index (χ0) is 24.0. The molecule has 8 heteroatoms. The fraction of sp³-hybridized carbons (Fsp3) is 0.704. The van der Waals surface area contributed by atoms with Gasteiger partial charge < -0.3 is 14.0 Å². The van der Waals surface area contributed by atoms with Crippen molar-refractivity contribution >= 4 is 5.78 Å². The minimum atomic E-state index is -0.505. The highest BCUT2D eigenvalue weighted by Gasteiger charge is 2.48. The molecule has 2 aromatic rings. The SMILES string of the molecule is C[C@H](Oc1cc([C@@H]2CCOC2)nc(-c2noc3c2CCC[C@@]32CCCCC2=O)n1)[C@@H]1CCCN1C. The van der Waals surface area contributed by atoms with Crippen molar-refractivity contribution in [2.24, 2.45) is 0 Å². The summed E-state index contributed by atoms with van der Waals surface area (Å²) < 4.78 is 18.1. The van der Waals surface area contributed by atoms with Crippen LogP contribution in [0.2, 0.25) is 0 Å². The number of ketones is 1. The largest absolute Gasteiger partial charge is 0.473 e. The van der Waals surface area contributed by atoms with Crippen molar-refractivity contribution < 1.29 is 18.8 Å². The van der Waals surface area contributed by atoms with Crippen molar-refractivity contribution in [2.75, 3.05) is 26.8 Å². The summed E-state index contributed by atoms with van der Waals surface area (Å²) in [7, 11) is 2.16. The lowest BCUT2D eigenvalue weighted by Gasteiger charge is -2.36. The molecule has 0 amide bonds. The predicted octanol–water partition coefficient (Wildman–Crippen LogP) is 4.21. The number of aromatic nitrogens is 3. The van der Waals surface area contributed by atoms with Crippen LogP contribution in [0.3, 0.4) is 0 Å². The summed E-state index contributed by atoms with van der Waals surface area (Å²) in [5.41, 5.74) is 2.12. The molecule has 8 nitrogen and oxygen atoms in total. The number of likely N-dealkylation sites (N-methyl/N-ethyl adjacent to an activating group) is 1. The number of nitrogens with zero attached hydrogens (tertiary/aromatic N) is 4. The Morgan fingerprint density at radius 2 is 2.03 bits per heavy atom. The third-order valence-corrected chi connectivity index (χ3v) is 8.75. The summed E-state index contributed by atoms with van der Waals surface area (Å²) in [6, 6.07) is 2.36. The fourth-order valence-corrected chi connectivity index (χ4v) is 6.75. The van der Waals surface area contributed by atoms with Gasteiger partial charge in [0.15, 0.2) is 17.3 Å². The van der Waals surface area contributed by atoms with Gasteiger partial charge in [0.05, 0.1) is 17.7 Å². The Balaban J connectivity index is 1.37. The fourth-order valence-electron chi connectivity index (χ4n) is 6.75. The molecule has 1 saturated carbocycles. The van der Waals surface area contributed by atoms with E-state index in [0.717, 1.165) is 81.5 Å². The van der Waals surface area contributed by atoms with E-state index >= 15 is 0 Å². The lowest BCUT2D eigenvalue weighted by Crippen LogP contribution is -2.41. The van der Waals surface area contributed by atoms with Crippen LogP contribution in [0.25, 0.3) is 11.5 Å². The Morgan fingerprint density at radius 3 is 2.80 bits per heavy atom. The van der Waals surface area contributed by atoms with Gasteiger partial charge >= 0.3 is 0 Å². The molecule has 4 atom stereocenters. The lowest BCUT2D eigenvalue weighted by atomic mass is 9.64. The van der Waals surface area contributed by atoms with Crippen LogP contribution in [0.4, 0.5) is 0 Å². The van der Waals surface area contributed by atoms with E-state index in [1.54, 1.807) is 0 Å². The van der Waals surface area contributed by atoms with Gasteiger partial charge in [0, 0.05) is 36.6 Å². The highest BCUT2D eigenvalue weighted by Crippen LogP contribution is 2.47. The number of hydrogen-bond donors (Lipinski definition) is 0. The third kappa shape index (κ3) is 4.08. The number of fused-ring (bicyclic) bond motifs is 2. The molecule has 2 aliphatic heterocycles. The molecular weight excluding hydrogens is 444 g/mol. The molecular formula is C27H36N4O4. The van der Waals surface area contributed by atoms with E-state index in [4.69, 9.17) is 24.0 Å². The molecule has 1 spiro atoms. The topological polar surface area (TPSA) is 90.6 Å². The molecule has 3 fully saturated rings. The smallest absolute Gasteiger partial charge is 0.217 e. The van der Waals surface area contributed by atoms with E-state index in [2.05, 4.69) is 24.0 Å². The highest BCUT2D eigenvalue weighted by molar-refractivity contribution is 5.91. The van der Waals surface area contributed by atoms with Crippen LogP contribution in [0.5, 0.6) is 5.88 Å². The van der Waals surface area contributed by atoms with E-state index < -0.39 is 5.41 Å². The molecule has 6 rings (SSSR count). The van der Waals surface area contributed by atoms with Crippen LogP contribution in [-0.2, 0) is 21.4 Å². The second kappa shape index (κ2) is 9.28. The van der Waals surface area contributed by atoms with Crippen LogP contribution in [0.1, 0.15) is 87.6 Å². The number of carbonyl (C=O) groups excluding carboxylic acids is 1. The van der Waals surface area contributed by atoms with E-state index in [9.17, 15) is 4.79 Å². The van der Waals surface area contributed by atoms with Crippen molar-refractivity contribution in [2.45, 2.75) is 94.6 Å². The quantitative estimate of drug-likeness (QED) is 0.629. The van der Waals surface area contributed by atoms with E-state index in [1.165, 1.54) is 6.42 Å². The average molecular weight is 481 g/mol. The number of likely N-dealkylation sites (tertiary alicyclic amines) is 1. The number of hydrogen-bond acceptors (Lipinski definition) is 8. The summed E-state index contributed by atoms with van der Waals surface area (Å²) in [5, 5.41) is 4.48. The number of carbonyl (C=O) groups is 1. The molecule has 0 aromatic carbocycles. The van der Waals surface area contributed by atoms with Crippen molar-refractivity contribution in [3.63, 3.8) is 0 Å². The van der Waals surface area contributed by atoms with Crippen LogP contribution in [-0.4, -0.2) is 64.8 Å². The third-order valence-electron chi connectivity index (χ3n) is 8.75. The second-order valence-corrected chi connectivity index (χ2v) is 10.9. The molecule has 4 aliphatic rings. The molecule has 0 unspecified atom stereocenters. The van der Waals surface area contributed by atoms with Gasteiger partial charge in [-0.1, -0.05) is 11.6 Å². The van der Waals surface area contributed by atoms with Gasteiger partial charge in [0.2, 0.25) is 5.88 Å². The first-order valence-corrected chi connectivity index (χ1v) is 13.4. The molecule has 0 radical (unpaired) electrons. The van der Waals surface area contributed by atoms with Crippen molar-refractivity contribution in [3.05, 3.63) is 23.1 Å². The van der Waals surface area contributed by atoms with E-state index in [-0.39, 0.29) is 12.0 Å². The van der Waals surface area contributed by atoms with Gasteiger partial charge in [-0.2, -0.15) is 4.98 Å². The Kier molecular flexibility index (Phi) is 6.13. The number of ether oxygens (including phenoxy) is 2. The molecule has 188 valence electrons. The summed E-state index contributed by atoms with van der Waals surface area (Å²) >= 11 is 0. The Hall–Kier alpha value is -2.32. The molecule has 0 bridgehead atoms. The average Bonchev–Trinajstić information content (AvgIpc) is 3.62. The van der Waals surface area contributed by atoms with Gasteiger partial charge in [0.25, 0.3) is 0 Å². The zero-order valence-electron chi connectivity index (χ0n) is 20.9. The molecule has 35 heavy (non-hydrogen) atoms. The van der Waals surface area contributed by atoms with Crippen molar-refractivity contribution in [1.82, 2.24) is 20.0 Å². The summed E-state index contributed by atoms with van der Waals surface area (Å²) in [5.74, 6) is 2.42. The molecule has 2 saturated heterocycles. The van der Waals surface area contributed by atoms with E-state index in [1.807, 2.05) is 6.07 Å². The Labute approximate surface area is 206 Å². The maximum atomic E-state index is 13.1. The zero-order valence-corrected chi connectivity index (χ0v) is 20.9. The molecule has 2 aromatic heterocycles. The van der Waals surface area contributed by atoms with Crippen LogP contribution >= 0.6 is 0 Å². The normalized spacial score (nSPS) is 30.1. The first-order valence-electron chi connectivity index (χ1n) is 13.4. The highest BCUT2D eigenvalue weighted by atomic mass is 16.5. The maximum Gasteiger partial charge on any atom is 0.217 e. The second-order valence-electron chi connectivity index (χ2n) is 10.9. The van der Waals surface area contributed by atoms with E-state index in [0.29, 0.717) is 42.3 Å². The Morgan fingerprint density at radius 1 is 1.14 bits per heavy atom. The summed E-state index contributed by atoms with van der Waals surface area (Å²) in [6.07, 6.45) is 9.45. The van der Waals surface area contributed by atoms with Crippen LogP contribution < -0.4 is 4.74 Å². The standard InChI is InChI=1S/C27H36N4O4/c1-17(21-8-6-13-31(21)2)34-23-15-20(18-10-14-33-16-18)28-26(29-23)24-19-7-5-12-27(25(19)35-30-24)11-4-3-9-22(27)32/h15,17-18,21H,3-14,16H2,1-2H3/t17-,18+,21-,27+/m0/s1. The Bertz CT molecular complexity index is 1090. The predicted molar refractivity (Wildman–Crippen MR) is 130 cm³/mol. The maximum absolute atomic E-state index is 13.1. The number of Topliss-reactive ketones (excluding diaryl/α,β-unsaturated/α-hetero) is 1. The van der Waals surface area contributed by atoms with Gasteiger partial charge in [-0.15, -0.1) is 0 Å². The van der Waals surface area contributed by atoms with Gasteiger partial charge in [0.1, 0.15) is 11.9 Å². The van der Waals surface area contributed by atoms with Crippen LogP contribution in [0.15, 0.2) is 10.6 Å². The first kappa shape index (κ1) is 23.1. The number of rotatable bonds is 5. The minimum Gasteiger partial charge on any atom is -0.473 e. The molecule has 4 heterocycles. The van der Waals surface area contributed by atoms with Crippen molar-refractivity contribution in [1.29, 1.82) is 0 Å². The molecule has 0 N–H and O–H groups in total. The monoisotopic (exact) mass is 480 g/mol. The molecule has 2 aliphatic carbocycles. The first-order chi connectivity index (χ1) is 17.0. The van der Waals surface area contributed by atoms with Crippen molar-refractivity contribution in [3.8, 4) is 17.4 Å². The van der Waals surface area contributed by atoms with Crippen LogP contribution in [0, 0.1) is 0 Å².